The smallest absolute Gasteiger partial charge is 0.253 e. The maximum atomic E-state index is 13.8. The zero-order valence-electron chi connectivity index (χ0n) is 12.5. The highest BCUT2D eigenvalue weighted by atomic mass is 35.5. The second kappa shape index (κ2) is 8.46. The number of hydrogen-bond donors (Lipinski definition) is 1. The molecule has 0 aliphatic rings. The molecule has 1 aromatic heterocycles. The van der Waals surface area contributed by atoms with Crippen molar-refractivity contribution in [1.82, 2.24) is 15.2 Å². The molecule has 2 rings (SSSR count). The lowest BCUT2D eigenvalue weighted by molar-refractivity contribution is 0.0797. The molecular weight excluding hydrogens is 305 g/mol. The van der Waals surface area contributed by atoms with Crippen molar-refractivity contribution in [1.29, 1.82) is 0 Å². The molecule has 0 aliphatic heterocycles. The van der Waals surface area contributed by atoms with Gasteiger partial charge in [-0.3, -0.25) is 9.78 Å². The number of likely N-dealkylation sites (N-methyl/N-ethyl adjacent to an activating group) is 2. The SMILES string of the molecule is CNCCN(C)C(=O)c1cccc(-c2ccncc2F)c1.Cl. The van der Waals surface area contributed by atoms with Gasteiger partial charge in [-0.05, 0) is 30.8 Å². The van der Waals surface area contributed by atoms with Crippen LogP contribution in [0.2, 0.25) is 0 Å². The number of hydrogen-bond acceptors (Lipinski definition) is 3. The van der Waals surface area contributed by atoms with Gasteiger partial charge in [-0.2, -0.15) is 0 Å². The average molecular weight is 324 g/mol. The Labute approximate surface area is 135 Å². The van der Waals surface area contributed by atoms with Crippen LogP contribution in [0.15, 0.2) is 42.7 Å². The molecule has 0 aliphatic carbocycles. The maximum Gasteiger partial charge on any atom is 0.253 e. The van der Waals surface area contributed by atoms with Crippen molar-refractivity contribution in [2.45, 2.75) is 0 Å². The second-order valence-corrected chi connectivity index (χ2v) is 4.77. The van der Waals surface area contributed by atoms with Gasteiger partial charge >= 0.3 is 0 Å². The first kappa shape index (κ1) is 18.1. The van der Waals surface area contributed by atoms with Gasteiger partial charge in [0.2, 0.25) is 0 Å². The standard InChI is InChI=1S/C16H18FN3O.ClH/c1-18-8-9-20(2)16(21)13-5-3-4-12(10-13)14-6-7-19-11-15(14)17;/h3-7,10-11,18H,8-9H2,1-2H3;1H. The zero-order chi connectivity index (χ0) is 15.2. The van der Waals surface area contributed by atoms with Crippen LogP contribution in [0.25, 0.3) is 11.1 Å². The third-order valence-corrected chi connectivity index (χ3v) is 3.24. The van der Waals surface area contributed by atoms with Crippen LogP contribution in [-0.2, 0) is 0 Å². The Morgan fingerprint density at radius 1 is 1.36 bits per heavy atom. The number of nitrogens with zero attached hydrogens (tertiary/aromatic N) is 2. The lowest BCUT2D eigenvalue weighted by Gasteiger charge is -2.17. The Kier molecular flexibility index (Phi) is 6.95. The van der Waals surface area contributed by atoms with Crippen molar-refractivity contribution in [3.63, 3.8) is 0 Å². The molecule has 0 spiro atoms. The van der Waals surface area contributed by atoms with E-state index in [2.05, 4.69) is 10.3 Å². The van der Waals surface area contributed by atoms with Crippen LogP contribution in [-0.4, -0.2) is 43.0 Å². The molecule has 118 valence electrons. The van der Waals surface area contributed by atoms with E-state index in [9.17, 15) is 9.18 Å². The molecule has 4 nitrogen and oxygen atoms in total. The predicted octanol–water partition coefficient (Wildman–Crippen LogP) is 2.60. The van der Waals surface area contributed by atoms with E-state index in [4.69, 9.17) is 0 Å². The van der Waals surface area contributed by atoms with Crippen molar-refractivity contribution in [2.75, 3.05) is 27.2 Å². The summed E-state index contributed by atoms with van der Waals surface area (Å²) in [6.45, 7) is 1.34. The summed E-state index contributed by atoms with van der Waals surface area (Å²) < 4.78 is 13.8. The number of nitrogens with one attached hydrogen (secondary N) is 1. The molecule has 2 aromatic rings. The highest BCUT2D eigenvalue weighted by Gasteiger charge is 2.13. The van der Waals surface area contributed by atoms with Crippen molar-refractivity contribution >= 4 is 18.3 Å². The fourth-order valence-corrected chi connectivity index (χ4v) is 2.03. The van der Waals surface area contributed by atoms with Gasteiger partial charge in [0.15, 0.2) is 0 Å². The highest BCUT2D eigenvalue weighted by molar-refractivity contribution is 5.95. The molecule has 1 aromatic carbocycles. The average Bonchev–Trinajstić information content (AvgIpc) is 2.52. The van der Waals surface area contributed by atoms with Gasteiger partial charge in [-0.1, -0.05) is 12.1 Å². The fraction of sp³-hybridized carbons (Fsp3) is 0.250. The largest absolute Gasteiger partial charge is 0.340 e. The minimum atomic E-state index is -0.398. The molecule has 0 saturated carbocycles. The molecule has 6 heteroatoms. The Morgan fingerprint density at radius 3 is 2.82 bits per heavy atom. The Morgan fingerprint density at radius 2 is 2.14 bits per heavy atom. The van der Waals surface area contributed by atoms with Crippen molar-refractivity contribution in [2.24, 2.45) is 0 Å². The maximum absolute atomic E-state index is 13.8. The van der Waals surface area contributed by atoms with Crippen molar-refractivity contribution in [3.8, 4) is 11.1 Å². The number of halogens is 2. The first-order valence-electron chi connectivity index (χ1n) is 6.73. The van der Waals surface area contributed by atoms with Crippen LogP contribution in [0.3, 0.4) is 0 Å². The van der Waals surface area contributed by atoms with E-state index in [1.54, 1.807) is 42.3 Å². The third-order valence-electron chi connectivity index (χ3n) is 3.24. The summed E-state index contributed by atoms with van der Waals surface area (Å²) in [5.74, 6) is -0.479. The molecule has 0 radical (unpaired) electrons. The second-order valence-electron chi connectivity index (χ2n) is 4.77. The monoisotopic (exact) mass is 323 g/mol. The summed E-state index contributed by atoms with van der Waals surface area (Å²) in [6, 6.07) is 8.58. The molecular formula is C16H19ClFN3O. The number of aromatic nitrogens is 1. The molecule has 0 fully saturated rings. The number of carbonyl (C=O) groups is 1. The quantitative estimate of drug-likeness (QED) is 0.920. The summed E-state index contributed by atoms with van der Waals surface area (Å²) in [5, 5.41) is 3.00. The van der Waals surface area contributed by atoms with Gasteiger partial charge in [-0.15, -0.1) is 12.4 Å². The Bertz CT molecular complexity index is 636. The fourth-order valence-electron chi connectivity index (χ4n) is 2.03. The third kappa shape index (κ3) is 4.26. The molecule has 1 heterocycles. The normalized spacial score (nSPS) is 9.95. The van der Waals surface area contributed by atoms with E-state index < -0.39 is 5.82 Å². The van der Waals surface area contributed by atoms with Gasteiger partial charge in [0.25, 0.3) is 5.91 Å². The summed E-state index contributed by atoms with van der Waals surface area (Å²) in [5.41, 5.74) is 1.66. The first-order chi connectivity index (χ1) is 10.1. The predicted molar refractivity (Wildman–Crippen MR) is 87.8 cm³/mol. The van der Waals surface area contributed by atoms with E-state index >= 15 is 0 Å². The molecule has 0 saturated heterocycles. The molecule has 22 heavy (non-hydrogen) atoms. The minimum Gasteiger partial charge on any atom is -0.340 e. The molecule has 1 amide bonds. The molecule has 0 bridgehead atoms. The van der Waals surface area contributed by atoms with Gasteiger partial charge in [0.1, 0.15) is 5.82 Å². The van der Waals surface area contributed by atoms with E-state index in [-0.39, 0.29) is 18.3 Å². The summed E-state index contributed by atoms with van der Waals surface area (Å²) >= 11 is 0. The van der Waals surface area contributed by atoms with Crippen molar-refractivity contribution < 1.29 is 9.18 Å². The summed E-state index contributed by atoms with van der Waals surface area (Å²) in [6.07, 6.45) is 2.70. The Hall–Kier alpha value is -1.98. The van der Waals surface area contributed by atoms with Gasteiger partial charge in [0, 0.05) is 37.5 Å². The molecule has 0 atom stereocenters. The van der Waals surface area contributed by atoms with Crippen LogP contribution in [0.5, 0.6) is 0 Å². The summed E-state index contributed by atoms with van der Waals surface area (Å²) in [7, 11) is 3.59. The lowest BCUT2D eigenvalue weighted by atomic mass is 10.0. The van der Waals surface area contributed by atoms with Gasteiger partial charge in [0.05, 0.1) is 6.20 Å². The lowest BCUT2D eigenvalue weighted by Crippen LogP contribution is -2.32. The number of benzene rings is 1. The van der Waals surface area contributed by atoms with E-state index in [1.807, 2.05) is 7.05 Å². The van der Waals surface area contributed by atoms with Crippen LogP contribution in [0.1, 0.15) is 10.4 Å². The number of rotatable bonds is 5. The minimum absolute atomic E-state index is 0. The van der Waals surface area contributed by atoms with Crippen LogP contribution >= 0.6 is 12.4 Å². The highest BCUT2D eigenvalue weighted by Crippen LogP contribution is 2.23. The number of pyridine rings is 1. The topological polar surface area (TPSA) is 45.2 Å². The first-order valence-corrected chi connectivity index (χ1v) is 6.73. The zero-order valence-corrected chi connectivity index (χ0v) is 13.4. The Balaban J connectivity index is 0.00000242. The van der Waals surface area contributed by atoms with Crippen LogP contribution in [0.4, 0.5) is 4.39 Å². The van der Waals surface area contributed by atoms with E-state index in [0.29, 0.717) is 23.2 Å². The van der Waals surface area contributed by atoms with Gasteiger partial charge in [-0.25, -0.2) is 4.39 Å². The van der Waals surface area contributed by atoms with E-state index in [1.165, 1.54) is 12.4 Å². The summed E-state index contributed by atoms with van der Waals surface area (Å²) in [4.78, 5) is 17.7. The number of amides is 1. The van der Waals surface area contributed by atoms with Crippen LogP contribution in [0, 0.1) is 5.82 Å². The molecule has 1 N–H and O–H groups in total. The van der Waals surface area contributed by atoms with Gasteiger partial charge < -0.3 is 10.2 Å². The van der Waals surface area contributed by atoms with Crippen molar-refractivity contribution in [3.05, 3.63) is 54.1 Å². The van der Waals surface area contributed by atoms with Crippen LogP contribution < -0.4 is 5.32 Å². The molecule has 0 unspecified atom stereocenters. The van der Waals surface area contributed by atoms with E-state index in [0.717, 1.165) is 6.54 Å². The number of carbonyl (C=O) groups excluding carboxylic acids is 1.